The molecular weight excluding hydrogens is 843 g/mol. The van der Waals surface area contributed by atoms with Crippen LogP contribution in [0.4, 0.5) is 20.2 Å². The number of aliphatic hydroxyl groups is 1. The SMILES string of the molecule is C.C.CC1CCN(c2ccc(S(=O)(=O)N(C)S(=O)(=O)c3ccc(F)cc3)cc2)C1=O.CN(S(=O)(=O)c1ccc(F)cc1)S(=O)(=O)c1ccc(N2CC[C@@H](O)C2=O)cc1. The molecule has 2 saturated heterocycles. The monoisotopic (exact) mass is 886 g/mol. The number of carbonyl (C=O) groups excluding carboxylic acids is 2. The van der Waals surface area contributed by atoms with Gasteiger partial charge in [0.15, 0.2) is 0 Å². The smallest absolute Gasteiger partial charge is 0.256 e. The van der Waals surface area contributed by atoms with Crippen molar-refractivity contribution in [3.63, 3.8) is 0 Å². The summed E-state index contributed by atoms with van der Waals surface area (Å²) in [6, 6.07) is 18.2. The van der Waals surface area contributed by atoms with Gasteiger partial charge in [-0.2, -0.15) is 0 Å². The summed E-state index contributed by atoms with van der Waals surface area (Å²) in [7, 11) is -15.8. The topological polar surface area (TPSA) is 204 Å². The van der Waals surface area contributed by atoms with Gasteiger partial charge in [-0.05, 0) is 103 Å². The highest BCUT2D eigenvalue weighted by Gasteiger charge is 2.36. The third-order valence-corrected chi connectivity index (χ3v) is 17.7. The first-order chi connectivity index (χ1) is 26.1. The molecule has 0 saturated carbocycles. The molecule has 15 nitrogen and oxygen atoms in total. The van der Waals surface area contributed by atoms with Crippen molar-refractivity contribution in [2.24, 2.45) is 5.92 Å². The fraction of sp³-hybridized carbons (Fsp3) is 0.297. The van der Waals surface area contributed by atoms with E-state index in [0.29, 0.717) is 24.5 Å². The molecule has 316 valence electrons. The summed E-state index contributed by atoms with van der Waals surface area (Å²) >= 11 is 0. The van der Waals surface area contributed by atoms with Gasteiger partial charge in [-0.3, -0.25) is 9.59 Å². The van der Waals surface area contributed by atoms with E-state index in [1.165, 1.54) is 53.4 Å². The van der Waals surface area contributed by atoms with Gasteiger partial charge < -0.3 is 14.9 Å². The van der Waals surface area contributed by atoms with Gasteiger partial charge in [-0.1, -0.05) is 29.2 Å². The lowest BCUT2D eigenvalue weighted by Gasteiger charge is -2.19. The minimum atomic E-state index is -4.42. The molecule has 2 aliphatic rings. The molecule has 21 heteroatoms. The van der Waals surface area contributed by atoms with Gasteiger partial charge in [0.1, 0.15) is 17.7 Å². The summed E-state index contributed by atoms with van der Waals surface area (Å²) in [5.41, 5.74) is 0.946. The number of sulfonamides is 4. The first kappa shape index (κ1) is 47.7. The number of aliphatic hydroxyl groups excluding tert-OH is 1. The van der Waals surface area contributed by atoms with Crippen LogP contribution < -0.4 is 9.80 Å². The molecule has 1 N–H and O–H groups in total. The molecule has 2 atom stereocenters. The van der Waals surface area contributed by atoms with Gasteiger partial charge >= 0.3 is 0 Å². The maximum absolute atomic E-state index is 13.0. The Morgan fingerprint density at radius 2 is 0.793 bits per heavy atom. The highest BCUT2D eigenvalue weighted by Crippen LogP contribution is 2.29. The van der Waals surface area contributed by atoms with Gasteiger partial charge in [-0.25, -0.2) is 42.5 Å². The minimum Gasteiger partial charge on any atom is -0.383 e. The summed E-state index contributed by atoms with van der Waals surface area (Å²) < 4.78 is 128. The predicted octanol–water partition coefficient (Wildman–Crippen LogP) is 4.41. The zero-order valence-electron chi connectivity index (χ0n) is 29.9. The quantitative estimate of drug-likeness (QED) is 0.236. The first-order valence-corrected chi connectivity index (χ1v) is 22.4. The third kappa shape index (κ3) is 9.46. The Morgan fingerprint density at radius 3 is 1.05 bits per heavy atom. The van der Waals surface area contributed by atoms with Crippen LogP contribution in [0.1, 0.15) is 34.6 Å². The number of hydrogen-bond acceptors (Lipinski definition) is 11. The standard InChI is InChI=1S/C18H19FN2O5S2.C17H17FN2O6S2.2CH4/c1-13-11-12-21(18(13)22)15-5-9-17(10-6-15)28(25,26)20(2)27(23,24)16-7-3-14(19)4-8-16;1-19(27(23,24)14-6-2-12(18)3-7-14)28(25,26)15-8-4-13(5-9-15)20-11-10-16(21)17(20)22;;/h3-10,13H,11-12H2,1-2H3;2-9,16,21H,10-11H2,1H3;2*1H4/t;16-;;/m.1../s1. The summed E-state index contributed by atoms with van der Waals surface area (Å²) in [5.74, 6) is -1.89. The van der Waals surface area contributed by atoms with Crippen LogP contribution in [0.15, 0.2) is 117 Å². The second-order valence-corrected chi connectivity index (χ2v) is 21.0. The summed E-state index contributed by atoms with van der Waals surface area (Å²) in [5, 5.41) is 9.52. The highest BCUT2D eigenvalue weighted by atomic mass is 32.3. The van der Waals surface area contributed by atoms with Gasteiger partial charge in [-0.15, -0.1) is 0 Å². The Morgan fingerprint density at radius 1 is 0.517 bits per heavy atom. The van der Waals surface area contributed by atoms with E-state index in [4.69, 9.17) is 0 Å². The molecule has 0 bridgehead atoms. The Kier molecular flexibility index (Phi) is 14.9. The first-order valence-electron chi connectivity index (χ1n) is 16.6. The van der Waals surface area contributed by atoms with Crippen LogP contribution in [0.25, 0.3) is 0 Å². The second-order valence-electron chi connectivity index (χ2n) is 12.6. The molecule has 58 heavy (non-hydrogen) atoms. The van der Waals surface area contributed by atoms with Crippen LogP contribution >= 0.6 is 0 Å². The van der Waals surface area contributed by atoms with Crippen LogP contribution in [0.5, 0.6) is 0 Å². The predicted molar refractivity (Wildman–Crippen MR) is 213 cm³/mol. The normalized spacial score (nSPS) is 17.4. The van der Waals surface area contributed by atoms with Gasteiger partial charge in [0.05, 0.1) is 19.6 Å². The number of amides is 2. The summed E-state index contributed by atoms with van der Waals surface area (Å²) in [4.78, 5) is 25.6. The molecule has 0 radical (unpaired) electrons. The lowest BCUT2D eigenvalue weighted by atomic mass is 10.1. The molecule has 4 aromatic rings. The molecule has 2 aliphatic heterocycles. The summed E-state index contributed by atoms with van der Waals surface area (Å²) in [6.07, 6.45) is -0.0925. The zero-order valence-corrected chi connectivity index (χ0v) is 33.2. The number of hydrogen-bond donors (Lipinski definition) is 1. The third-order valence-electron chi connectivity index (χ3n) is 9.12. The Balaban J connectivity index is 0.000000300. The molecule has 0 aromatic heterocycles. The van der Waals surface area contributed by atoms with Gasteiger partial charge in [0.2, 0.25) is 5.91 Å². The van der Waals surface area contributed by atoms with Crippen LogP contribution in [0, 0.1) is 17.6 Å². The average Bonchev–Trinajstić information content (AvgIpc) is 3.69. The van der Waals surface area contributed by atoms with E-state index in [1.54, 1.807) is 4.90 Å². The van der Waals surface area contributed by atoms with Gasteiger partial charge in [0.25, 0.3) is 46.0 Å². The van der Waals surface area contributed by atoms with Crippen molar-refractivity contribution in [1.29, 1.82) is 0 Å². The van der Waals surface area contributed by atoms with Crippen molar-refractivity contribution in [2.75, 3.05) is 37.0 Å². The van der Waals surface area contributed by atoms with Crippen LogP contribution in [0.2, 0.25) is 0 Å². The average molecular weight is 887 g/mol. The van der Waals surface area contributed by atoms with E-state index >= 15 is 0 Å². The molecule has 6 rings (SSSR count). The van der Waals surface area contributed by atoms with Crippen LogP contribution in [-0.4, -0.2) is 91.3 Å². The van der Waals surface area contributed by atoms with E-state index < -0.39 is 63.7 Å². The maximum Gasteiger partial charge on any atom is 0.256 e. The molecule has 0 spiro atoms. The largest absolute Gasteiger partial charge is 0.383 e. The summed E-state index contributed by atoms with van der Waals surface area (Å²) in [6.45, 7) is 2.67. The molecule has 2 fully saturated rings. The maximum atomic E-state index is 13.0. The molecular formula is C37H44F2N4O11S4. The van der Waals surface area contributed by atoms with E-state index in [0.717, 1.165) is 69.0 Å². The molecule has 1 unspecified atom stereocenters. The number of rotatable bonds is 10. The van der Waals surface area contributed by atoms with E-state index in [2.05, 4.69) is 0 Å². The molecule has 4 aromatic carbocycles. The highest BCUT2D eigenvalue weighted by molar-refractivity contribution is 8.04. The Bertz CT molecular complexity index is 2380. The van der Waals surface area contributed by atoms with E-state index in [-0.39, 0.29) is 60.1 Å². The fourth-order valence-corrected chi connectivity index (χ4v) is 11.9. The molecule has 0 aliphatic carbocycles. The van der Waals surface area contributed by atoms with Crippen molar-refractivity contribution < 1.29 is 57.1 Å². The molecule has 2 amide bonds. The Labute approximate surface area is 338 Å². The van der Waals surface area contributed by atoms with Crippen LogP contribution in [-0.2, 0) is 49.7 Å². The molecule has 2 heterocycles. The van der Waals surface area contributed by atoms with E-state index in [1.807, 2.05) is 6.92 Å². The number of benzene rings is 4. The van der Waals surface area contributed by atoms with Gasteiger partial charge in [0, 0.05) is 50.9 Å². The zero-order chi connectivity index (χ0) is 41.4. The number of anilines is 2. The second kappa shape index (κ2) is 18.1. The van der Waals surface area contributed by atoms with Crippen molar-refractivity contribution in [3.05, 3.63) is 109 Å². The lowest BCUT2D eigenvalue weighted by Crippen LogP contribution is -2.33. The van der Waals surface area contributed by atoms with Crippen LogP contribution in [0.3, 0.4) is 0 Å². The number of nitrogens with zero attached hydrogens (tertiary/aromatic N) is 4. The lowest BCUT2D eigenvalue weighted by molar-refractivity contribution is -0.124. The van der Waals surface area contributed by atoms with Crippen molar-refractivity contribution in [1.82, 2.24) is 7.42 Å². The Hall–Kier alpha value is -4.64. The number of halogens is 2. The van der Waals surface area contributed by atoms with E-state index in [9.17, 15) is 57.1 Å². The van der Waals surface area contributed by atoms with Crippen molar-refractivity contribution in [2.45, 2.75) is 60.3 Å². The van der Waals surface area contributed by atoms with Crippen molar-refractivity contribution in [3.8, 4) is 0 Å². The van der Waals surface area contributed by atoms with Crippen molar-refractivity contribution >= 4 is 63.3 Å². The fourth-order valence-electron chi connectivity index (χ4n) is 5.66. The number of carbonyl (C=O) groups is 2. The minimum absolute atomic E-state index is 0.